The van der Waals surface area contributed by atoms with Gasteiger partial charge in [0, 0.05) is 76.7 Å². The van der Waals surface area contributed by atoms with Gasteiger partial charge in [0.15, 0.2) is 11.3 Å². The number of rotatable bonds is 8. The largest absolute Gasteiger partial charge is 0.389 e. The number of aliphatic hydroxyl groups is 2. The number of hydrogen-bond donors (Lipinski definition) is 4. The topological polar surface area (TPSA) is 220 Å². The Morgan fingerprint density at radius 3 is 1.59 bits per heavy atom. The van der Waals surface area contributed by atoms with Crippen LogP contribution in [0.3, 0.4) is 0 Å². The Labute approximate surface area is 404 Å². The van der Waals surface area contributed by atoms with Crippen LogP contribution in [0.15, 0.2) is 128 Å². The summed E-state index contributed by atoms with van der Waals surface area (Å²) in [5.74, 6) is 0.200. The molecule has 0 radical (unpaired) electrons. The third-order valence-electron chi connectivity index (χ3n) is 11.2. The Kier molecular flexibility index (Phi) is 14.0. The van der Waals surface area contributed by atoms with E-state index in [0.29, 0.717) is 57.2 Å². The van der Waals surface area contributed by atoms with Gasteiger partial charge in [-0.1, -0.05) is 71.7 Å². The van der Waals surface area contributed by atoms with Crippen LogP contribution in [0.2, 0.25) is 10.0 Å². The van der Waals surface area contributed by atoms with Gasteiger partial charge in [-0.25, -0.2) is 31.4 Å². The van der Waals surface area contributed by atoms with Gasteiger partial charge in [-0.2, -0.15) is 0 Å². The number of amides is 2. The van der Waals surface area contributed by atoms with E-state index in [1.807, 2.05) is 106 Å². The van der Waals surface area contributed by atoms with Crippen molar-refractivity contribution in [3.63, 3.8) is 0 Å². The molecule has 2 fully saturated rings. The molecule has 0 spiro atoms. The highest BCUT2D eigenvalue weighted by Gasteiger charge is 2.31. The Morgan fingerprint density at radius 1 is 0.681 bits per heavy atom. The van der Waals surface area contributed by atoms with Crippen molar-refractivity contribution in [2.24, 2.45) is 0 Å². The number of hydrogen-bond acceptors (Lipinski definition) is 11. The molecule has 4 aromatic heterocycles. The summed E-state index contributed by atoms with van der Waals surface area (Å²) < 4.78 is 3.81. The number of fused-ring (bicyclic) bond motifs is 2. The molecule has 344 valence electrons. The van der Waals surface area contributed by atoms with E-state index in [2.05, 4.69) is 29.6 Å². The summed E-state index contributed by atoms with van der Waals surface area (Å²) in [4.78, 5) is 60.8. The molecule has 0 bridgehead atoms. The number of nitrogen functional groups attached to an aromatic ring is 2. The zero-order chi connectivity index (χ0) is 48.8. The predicted octanol–water partition coefficient (Wildman–Crippen LogP) is 7.03. The first-order valence-electron chi connectivity index (χ1n) is 21.1. The summed E-state index contributed by atoms with van der Waals surface area (Å²) in [5, 5.41) is 21.0. The lowest BCUT2D eigenvalue weighted by molar-refractivity contribution is -0.139. The number of β-amino-alcohol motifs (C(OH)–C–C–N with tert-alkyl or cyclic N) is 2. The third kappa shape index (κ3) is 10.3. The van der Waals surface area contributed by atoms with Crippen molar-refractivity contribution in [2.45, 2.75) is 12.2 Å². The molecule has 2 aliphatic rings. The van der Waals surface area contributed by atoms with E-state index in [0.717, 1.165) is 50.7 Å². The fraction of sp³-hybridized carbons (Fsp3) is 0.140. The van der Waals surface area contributed by atoms with Gasteiger partial charge in [-0.15, -0.1) is 0 Å². The Bertz CT molecular complexity index is 3350. The molecule has 2 saturated heterocycles. The molecule has 17 nitrogen and oxygen atoms in total. The summed E-state index contributed by atoms with van der Waals surface area (Å²) in [6, 6.07) is 29.7. The smallest absolute Gasteiger partial charge is 0.302 e. The molecule has 4 aromatic carbocycles. The SMILES string of the molecule is Nc1ncnc2c1c(-c1ccc(Cl)cc1)cn2-c1cccc(C=O)c1.[C-]#[N+]/C(=C\c1cccc(-n2cc(-c3ccc(Cl)cc3)c3c(N)ncnc32)c1)C(=O)N1CC(O)C1.[C-]#[N+]CC(=O)N1CC(O)C1. The van der Waals surface area contributed by atoms with Crippen LogP contribution in [-0.4, -0.2) is 112 Å². The minimum atomic E-state index is -0.523. The third-order valence-corrected chi connectivity index (χ3v) is 11.7. The fourth-order valence-electron chi connectivity index (χ4n) is 7.68. The maximum absolute atomic E-state index is 12.5. The van der Waals surface area contributed by atoms with Gasteiger partial charge in [0.05, 0.1) is 29.6 Å². The van der Waals surface area contributed by atoms with E-state index in [-0.39, 0.29) is 43.2 Å². The lowest BCUT2D eigenvalue weighted by Crippen LogP contribution is -2.54. The maximum atomic E-state index is 12.5. The van der Waals surface area contributed by atoms with Gasteiger partial charge >= 0.3 is 5.91 Å². The highest BCUT2D eigenvalue weighted by atomic mass is 35.5. The number of anilines is 2. The van der Waals surface area contributed by atoms with Crippen molar-refractivity contribution in [1.82, 2.24) is 38.9 Å². The molecule has 8 aromatic rings. The molecular formula is C50H40Cl2N12O5. The number of nitrogens with two attached hydrogens (primary N) is 2. The number of aromatic nitrogens is 6. The van der Waals surface area contributed by atoms with Gasteiger partial charge in [-0.05, 0) is 71.3 Å². The van der Waals surface area contributed by atoms with Crippen molar-refractivity contribution in [1.29, 1.82) is 0 Å². The molecule has 6 N–H and O–H groups in total. The molecule has 0 atom stereocenters. The number of carbonyl (C=O) groups is 3. The summed E-state index contributed by atoms with van der Waals surface area (Å²) in [5.41, 5.74) is 20.2. The number of benzene rings is 4. The lowest BCUT2D eigenvalue weighted by Gasteiger charge is -2.35. The van der Waals surface area contributed by atoms with Gasteiger partial charge in [0.2, 0.25) is 0 Å². The van der Waals surface area contributed by atoms with Crippen LogP contribution in [0, 0.1) is 13.1 Å². The van der Waals surface area contributed by atoms with Crippen molar-refractivity contribution < 1.29 is 24.6 Å². The average Bonchev–Trinajstić information content (AvgIpc) is 3.93. The van der Waals surface area contributed by atoms with Gasteiger partial charge in [0.25, 0.3) is 18.1 Å². The molecule has 2 aliphatic heterocycles. The Morgan fingerprint density at radius 2 is 1.14 bits per heavy atom. The highest BCUT2D eigenvalue weighted by Crippen LogP contribution is 2.36. The van der Waals surface area contributed by atoms with Crippen molar-refractivity contribution >= 4 is 81.1 Å². The van der Waals surface area contributed by atoms with E-state index in [4.69, 9.17) is 52.9 Å². The summed E-state index contributed by atoms with van der Waals surface area (Å²) >= 11 is 12.1. The van der Waals surface area contributed by atoms with Crippen LogP contribution >= 0.6 is 23.2 Å². The van der Waals surface area contributed by atoms with Gasteiger partial charge in [-0.3, -0.25) is 14.4 Å². The van der Waals surface area contributed by atoms with Crippen molar-refractivity contribution in [3.05, 3.63) is 172 Å². The van der Waals surface area contributed by atoms with E-state index in [1.54, 1.807) is 18.2 Å². The Hall–Kier alpha value is -8.45. The van der Waals surface area contributed by atoms with E-state index in [9.17, 15) is 19.5 Å². The molecule has 10 rings (SSSR count). The van der Waals surface area contributed by atoms with Crippen LogP contribution in [0.5, 0.6) is 0 Å². The van der Waals surface area contributed by atoms with Crippen LogP contribution < -0.4 is 11.5 Å². The average molecular weight is 960 g/mol. The second-order valence-corrected chi connectivity index (χ2v) is 16.7. The van der Waals surface area contributed by atoms with Crippen molar-refractivity contribution in [3.8, 4) is 33.6 Å². The number of nitrogens with zero attached hydrogens (tertiary/aromatic N) is 10. The maximum Gasteiger partial charge on any atom is 0.302 e. The summed E-state index contributed by atoms with van der Waals surface area (Å²) in [7, 11) is 0. The Balaban J connectivity index is 0.000000160. The minimum absolute atomic E-state index is 0.00478. The number of aliphatic hydroxyl groups excluding tert-OH is 2. The normalized spacial score (nSPS) is 13.5. The molecule has 69 heavy (non-hydrogen) atoms. The van der Waals surface area contributed by atoms with E-state index in [1.165, 1.54) is 22.5 Å². The molecule has 6 heterocycles. The monoisotopic (exact) mass is 958 g/mol. The molecule has 0 saturated carbocycles. The van der Waals surface area contributed by atoms with Crippen LogP contribution in [0.25, 0.3) is 71.5 Å². The second kappa shape index (κ2) is 20.6. The number of likely N-dealkylation sites (tertiary alicyclic amines) is 2. The quantitative estimate of drug-likeness (QED) is 0.0688. The minimum Gasteiger partial charge on any atom is -0.389 e. The zero-order valence-corrected chi connectivity index (χ0v) is 37.9. The van der Waals surface area contributed by atoms with Crippen LogP contribution in [0.1, 0.15) is 15.9 Å². The van der Waals surface area contributed by atoms with E-state index >= 15 is 0 Å². The molecule has 0 unspecified atom stereocenters. The number of aldehydes is 1. The lowest BCUT2D eigenvalue weighted by atomic mass is 10.1. The van der Waals surface area contributed by atoms with Crippen LogP contribution in [-0.2, 0) is 9.59 Å². The standard InChI is InChI=1S/C25H19ClN6O2.C19H13ClN4O.C6H8N2O2/c1-28-21(25(34)31-11-19(33)12-31)10-15-3-2-4-18(9-15)32-13-20(16-5-7-17(26)8-6-16)22-23(27)29-14-30-24(22)32;20-14-6-4-13(5-7-14)16-9-24(15-3-1-2-12(8-15)10-25)19-17(16)18(21)22-11-23-19;1-7-2-6(10)8-3-5(9)4-8/h2-10,13-14,19,33H,11-12H2,(H2,27,29,30);1-11H,(H2,21,22,23);5,9H,2-4H2/b21-10-;;. The predicted molar refractivity (Wildman–Crippen MR) is 264 cm³/mol. The number of carbonyl (C=O) groups excluding carboxylic acids is 3. The molecule has 2 amide bonds. The van der Waals surface area contributed by atoms with Gasteiger partial charge < -0.3 is 45.5 Å². The molecular weight excluding hydrogens is 920 g/mol. The zero-order valence-electron chi connectivity index (χ0n) is 36.4. The van der Waals surface area contributed by atoms with Crippen molar-refractivity contribution in [2.75, 3.05) is 44.2 Å². The first-order chi connectivity index (χ1) is 33.3. The highest BCUT2D eigenvalue weighted by molar-refractivity contribution is 6.31. The molecule has 19 heteroatoms. The number of halogens is 2. The first-order valence-corrected chi connectivity index (χ1v) is 21.9. The second-order valence-electron chi connectivity index (χ2n) is 15.8. The summed E-state index contributed by atoms with van der Waals surface area (Å²) in [6.45, 7) is 15.0. The van der Waals surface area contributed by atoms with E-state index < -0.39 is 6.10 Å². The summed E-state index contributed by atoms with van der Waals surface area (Å²) in [6.07, 6.45) is 8.22. The molecule has 0 aliphatic carbocycles. The van der Waals surface area contributed by atoms with Gasteiger partial charge in [0.1, 0.15) is 30.6 Å². The fourth-order valence-corrected chi connectivity index (χ4v) is 7.93. The first kappa shape index (κ1) is 47.1. The van der Waals surface area contributed by atoms with Crippen LogP contribution in [0.4, 0.5) is 11.6 Å².